The second-order valence-corrected chi connectivity index (χ2v) is 8.04. The van der Waals surface area contributed by atoms with Crippen molar-refractivity contribution >= 4 is 16.9 Å². The summed E-state index contributed by atoms with van der Waals surface area (Å²) in [6.07, 6.45) is 4.76. The number of nitrogens with zero attached hydrogens (tertiary/aromatic N) is 4. The molecule has 0 fully saturated rings. The minimum Gasteiger partial charge on any atom is -0.345 e. The minimum atomic E-state index is -1.60. The Labute approximate surface area is 200 Å². The van der Waals surface area contributed by atoms with Crippen LogP contribution in [0, 0.1) is 24.4 Å². The first-order valence-corrected chi connectivity index (χ1v) is 10.7. The fraction of sp³-hybridized carbons (Fsp3) is 0.125. The van der Waals surface area contributed by atoms with Crippen LogP contribution < -0.4 is 10.9 Å². The number of rotatable bonds is 6. The van der Waals surface area contributed by atoms with Crippen molar-refractivity contribution in [1.82, 2.24) is 30.0 Å². The Balaban J connectivity index is 1.33. The van der Waals surface area contributed by atoms with Crippen LogP contribution in [0.5, 0.6) is 0 Å². The van der Waals surface area contributed by atoms with Gasteiger partial charge in [-0.2, -0.15) is 4.98 Å². The molecule has 5 aromatic rings. The van der Waals surface area contributed by atoms with E-state index >= 15 is 0 Å². The van der Waals surface area contributed by atoms with E-state index in [0.29, 0.717) is 16.8 Å². The first-order chi connectivity index (χ1) is 17.3. The number of fused-ring (bicyclic) bond motifs is 1. The number of carbonyl (C=O) groups is 1. The highest BCUT2D eigenvalue weighted by molar-refractivity contribution is 5.94. The maximum atomic E-state index is 13.6. The summed E-state index contributed by atoms with van der Waals surface area (Å²) in [4.78, 5) is 37.1. The van der Waals surface area contributed by atoms with Gasteiger partial charge < -0.3 is 19.4 Å². The zero-order valence-electron chi connectivity index (χ0n) is 18.7. The Bertz CT molecular complexity index is 1650. The number of pyridine rings is 2. The monoisotopic (exact) mass is 494 g/mol. The molecule has 2 N–H and O–H groups in total. The van der Waals surface area contributed by atoms with Crippen molar-refractivity contribution in [3.63, 3.8) is 0 Å². The first kappa shape index (κ1) is 23.0. The predicted molar refractivity (Wildman–Crippen MR) is 121 cm³/mol. The van der Waals surface area contributed by atoms with Gasteiger partial charge in [0, 0.05) is 24.0 Å². The van der Waals surface area contributed by atoms with Crippen molar-refractivity contribution in [1.29, 1.82) is 0 Å². The van der Waals surface area contributed by atoms with Crippen LogP contribution in [0.1, 0.15) is 27.3 Å². The average molecular weight is 494 g/mol. The lowest BCUT2D eigenvalue weighted by molar-refractivity contribution is 0.0947. The van der Waals surface area contributed by atoms with Gasteiger partial charge in [0.15, 0.2) is 23.3 Å². The quantitative estimate of drug-likeness (QED) is 0.349. The van der Waals surface area contributed by atoms with Crippen LogP contribution in [-0.4, -0.2) is 30.6 Å². The van der Waals surface area contributed by atoms with Crippen LogP contribution in [-0.2, 0) is 13.1 Å². The molecule has 0 saturated carbocycles. The summed E-state index contributed by atoms with van der Waals surface area (Å²) in [5.74, 6) is -4.62. The van der Waals surface area contributed by atoms with Gasteiger partial charge in [-0.1, -0.05) is 5.16 Å². The molecule has 36 heavy (non-hydrogen) atoms. The molecule has 0 radical (unpaired) electrons. The summed E-state index contributed by atoms with van der Waals surface area (Å²) in [7, 11) is 0. The highest BCUT2D eigenvalue weighted by Gasteiger charge is 2.18. The molecule has 4 aromatic heterocycles. The summed E-state index contributed by atoms with van der Waals surface area (Å²) >= 11 is 0. The number of hydrogen-bond acceptors (Lipinski definition) is 6. The van der Waals surface area contributed by atoms with E-state index in [2.05, 4.69) is 25.4 Å². The largest absolute Gasteiger partial charge is 0.345 e. The topological polar surface area (TPSA) is 119 Å². The SMILES string of the molecule is Cc1cc(C(=O)NCc2noc(-c3c[nH]c4ncccc34)n2)c(=O)n(Cc2cc(F)c(F)c(F)c2)c1. The molecule has 4 heterocycles. The Morgan fingerprint density at radius 2 is 1.97 bits per heavy atom. The van der Waals surface area contributed by atoms with Crippen molar-refractivity contribution in [2.75, 3.05) is 0 Å². The number of aromatic nitrogens is 5. The zero-order valence-corrected chi connectivity index (χ0v) is 18.7. The van der Waals surface area contributed by atoms with E-state index in [1.165, 1.54) is 12.3 Å². The van der Waals surface area contributed by atoms with Gasteiger partial charge in [0.25, 0.3) is 17.4 Å². The van der Waals surface area contributed by atoms with Crippen molar-refractivity contribution in [3.05, 3.63) is 99.2 Å². The minimum absolute atomic E-state index is 0.0252. The standard InChI is InChI=1S/C24H17F3N6O3/c1-12-5-15(24(35)33(10-12)11-13-6-17(25)20(27)18(26)7-13)22(34)30-9-19-31-23(36-32-19)16-8-29-21-14(16)3-2-4-28-21/h2-8,10H,9,11H2,1H3,(H,28,29)(H,30,34). The molecule has 1 amide bonds. The highest BCUT2D eigenvalue weighted by Crippen LogP contribution is 2.25. The molecule has 9 nitrogen and oxygen atoms in total. The molecule has 0 unspecified atom stereocenters. The van der Waals surface area contributed by atoms with Gasteiger partial charge in [-0.25, -0.2) is 18.2 Å². The van der Waals surface area contributed by atoms with Gasteiger partial charge in [-0.3, -0.25) is 9.59 Å². The van der Waals surface area contributed by atoms with E-state index in [4.69, 9.17) is 4.52 Å². The Hall–Kier alpha value is -4.74. The van der Waals surface area contributed by atoms with Crippen molar-refractivity contribution in [2.24, 2.45) is 0 Å². The number of benzene rings is 1. The van der Waals surface area contributed by atoms with Crippen LogP contribution >= 0.6 is 0 Å². The highest BCUT2D eigenvalue weighted by atomic mass is 19.2. The maximum absolute atomic E-state index is 13.6. The molecule has 0 aliphatic heterocycles. The smallest absolute Gasteiger partial charge is 0.263 e. The molecule has 182 valence electrons. The van der Waals surface area contributed by atoms with E-state index in [0.717, 1.165) is 22.1 Å². The molecule has 5 rings (SSSR count). The molecule has 0 spiro atoms. The lowest BCUT2D eigenvalue weighted by Gasteiger charge is -2.11. The van der Waals surface area contributed by atoms with E-state index in [1.807, 2.05) is 6.07 Å². The lowest BCUT2D eigenvalue weighted by atomic mass is 10.1. The molecule has 0 aliphatic rings. The van der Waals surface area contributed by atoms with Crippen molar-refractivity contribution in [2.45, 2.75) is 20.0 Å². The zero-order chi connectivity index (χ0) is 25.4. The normalized spacial score (nSPS) is 11.2. The van der Waals surface area contributed by atoms with Gasteiger partial charge in [-0.15, -0.1) is 0 Å². The molecule has 0 aliphatic carbocycles. The Morgan fingerprint density at radius 3 is 2.75 bits per heavy atom. The molecule has 0 atom stereocenters. The van der Waals surface area contributed by atoms with Gasteiger partial charge in [-0.05, 0) is 48.4 Å². The number of H-pyrrole nitrogens is 1. The predicted octanol–water partition coefficient (Wildman–Crippen LogP) is 3.48. The van der Waals surface area contributed by atoms with Crippen LogP contribution in [0.4, 0.5) is 13.2 Å². The van der Waals surface area contributed by atoms with Gasteiger partial charge >= 0.3 is 0 Å². The third-order valence-electron chi connectivity index (χ3n) is 5.42. The summed E-state index contributed by atoms with van der Waals surface area (Å²) in [5.41, 5.74) is 1.00. The van der Waals surface area contributed by atoms with Crippen LogP contribution in [0.3, 0.4) is 0 Å². The van der Waals surface area contributed by atoms with Crippen LogP contribution in [0.25, 0.3) is 22.5 Å². The van der Waals surface area contributed by atoms with Gasteiger partial charge in [0.2, 0.25) is 0 Å². The number of hydrogen-bond donors (Lipinski definition) is 2. The molecule has 0 saturated heterocycles. The third-order valence-corrected chi connectivity index (χ3v) is 5.42. The second-order valence-electron chi connectivity index (χ2n) is 8.04. The number of carbonyl (C=O) groups excluding carboxylic acids is 1. The number of nitrogens with one attached hydrogen (secondary N) is 2. The maximum Gasteiger partial charge on any atom is 0.263 e. The van der Waals surface area contributed by atoms with E-state index in [9.17, 15) is 22.8 Å². The summed E-state index contributed by atoms with van der Waals surface area (Å²) in [5, 5.41) is 7.22. The molecular formula is C24H17F3N6O3. The number of aryl methyl sites for hydroxylation is 1. The number of amides is 1. The second kappa shape index (κ2) is 9.13. The van der Waals surface area contributed by atoms with Crippen molar-refractivity contribution < 1.29 is 22.5 Å². The van der Waals surface area contributed by atoms with Crippen LogP contribution in [0.15, 0.2) is 58.2 Å². The molecule has 0 bridgehead atoms. The fourth-order valence-corrected chi connectivity index (χ4v) is 3.78. The number of halogens is 3. The van der Waals surface area contributed by atoms with Gasteiger partial charge in [0.05, 0.1) is 18.7 Å². The van der Waals surface area contributed by atoms with Crippen molar-refractivity contribution in [3.8, 4) is 11.5 Å². The van der Waals surface area contributed by atoms with E-state index < -0.39 is 28.9 Å². The first-order valence-electron chi connectivity index (χ1n) is 10.7. The lowest BCUT2D eigenvalue weighted by Crippen LogP contribution is -2.33. The summed E-state index contributed by atoms with van der Waals surface area (Å²) in [6.45, 7) is 1.27. The van der Waals surface area contributed by atoms with E-state index in [1.54, 1.807) is 25.4 Å². The molecule has 1 aromatic carbocycles. The fourth-order valence-electron chi connectivity index (χ4n) is 3.78. The Kier molecular flexibility index (Phi) is 5.84. The molecular weight excluding hydrogens is 477 g/mol. The van der Waals surface area contributed by atoms with Gasteiger partial charge in [0.1, 0.15) is 11.2 Å². The van der Waals surface area contributed by atoms with Crippen LogP contribution in [0.2, 0.25) is 0 Å². The molecule has 12 heteroatoms. The average Bonchev–Trinajstić information content (AvgIpc) is 3.50. The van der Waals surface area contributed by atoms with E-state index in [-0.39, 0.29) is 35.9 Å². The Morgan fingerprint density at radius 1 is 1.19 bits per heavy atom. The summed E-state index contributed by atoms with van der Waals surface area (Å²) in [6, 6.07) is 6.60. The summed E-state index contributed by atoms with van der Waals surface area (Å²) < 4.78 is 46.8. The third kappa shape index (κ3) is 4.35. The number of aromatic amines is 1.